The van der Waals surface area contributed by atoms with E-state index in [9.17, 15) is 4.79 Å². The summed E-state index contributed by atoms with van der Waals surface area (Å²) in [6.07, 6.45) is 2.94. The van der Waals surface area contributed by atoms with Gasteiger partial charge in [0.05, 0.1) is 6.04 Å². The highest BCUT2D eigenvalue weighted by Crippen LogP contribution is 2.29. The smallest absolute Gasteiger partial charge is 0.239 e. The molecule has 1 heterocycles. The Morgan fingerprint density at radius 1 is 1.33 bits per heavy atom. The molecular weight excluding hydrogens is 284 g/mol. The molecule has 1 fully saturated rings. The Bertz CT molecular complexity index is 466. The second-order valence-electron chi connectivity index (χ2n) is 6.06. The molecule has 1 amide bonds. The Labute approximate surface area is 132 Å². The van der Waals surface area contributed by atoms with Crippen molar-refractivity contribution in [3.63, 3.8) is 0 Å². The van der Waals surface area contributed by atoms with Crippen LogP contribution in [-0.4, -0.2) is 29.9 Å². The van der Waals surface area contributed by atoms with Gasteiger partial charge in [0, 0.05) is 18.1 Å². The normalized spacial score (nSPS) is 19.3. The molecule has 1 aliphatic heterocycles. The maximum Gasteiger partial charge on any atom is 0.239 e. The molecule has 0 saturated carbocycles. The highest BCUT2D eigenvalue weighted by Gasteiger charge is 2.28. The number of piperidine rings is 1. The summed E-state index contributed by atoms with van der Waals surface area (Å²) in [5, 5.41) is 0.769. The third-order valence-corrected chi connectivity index (χ3v) is 4.94. The second-order valence-corrected chi connectivity index (χ2v) is 6.50. The lowest BCUT2D eigenvalue weighted by Gasteiger charge is -2.34. The Morgan fingerprint density at radius 2 is 1.90 bits per heavy atom. The number of halogens is 1. The van der Waals surface area contributed by atoms with E-state index in [1.165, 1.54) is 5.56 Å². The molecule has 0 bridgehead atoms. The van der Waals surface area contributed by atoms with Crippen LogP contribution in [0.2, 0.25) is 5.02 Å². The molecule has 0 radical (unpaired) electrons. The average molecular weight is 309 g/mol. The van der Waals surface area contributed by atoms with Gasteiger partial charge in [-0.3, -0.25) is 4.79 Å². The van der Waals surface area contributed by atoms with E-state index in [1.54, 1.807) is 0 Å². The Balaban J connectivity index is 1.91. The Kier molecular flexibility index (Phi) is 5.65. The lowest BCUT2D eigenvalue weighted by molar-refractivity contribution is -0.134. The third-order valence-electron chi connectivity index (χ3n) is 4.69. The molecule has 1 saturated heterocycles. The van der Waals surface area contributed by atoms with Gasteiger partial charge >= 0.3 is 0 Å². The summed E-state index contributed by atoms with van der Waals surface area (Å²) in [6.45, 7) is 5.72. The van der Waals surface area contributed by atoms with Crippen LogP contribution in [0.1, 0.15) is 44.6 Å². The van der Waals surface area contributed by atoms with Crippen LogP contribution in [0.15, 0.2) is 24.3 Å². The van der Waals surface area contributed by atoms with Crippen LogP contribution >= 0.6 is 11.6 Å². The zero-order valence-corrected chi connectivity index (χ0v) is 13.6. The maximum absolute atomic E-state index is 12.4. The van der Waals surface area contributed by atoms with Crippen LogP contribution in [0.3, 0.4) is 0 Å². The molecule has 2 N–H and O–H groups in total. The van der Waals surface area contributed by atoms with Crippen molar-refractivity contribution >= 4 is 17.5 Å². The monoisotopic (exact) mass is 308 g/mol. The molecule has 21 heavy (non-hydrogen) atoms. The van der Waals surface area contributed by atoms with Gasteiger partial charge < -0.3 is 10.6 Å². The summed E-state index contributed by atoms with van der Waals surface area (Å²) in [4.78, 5) is 14.3. The molecule has 4 heteroatoms. The lowest BCUT2D eigenvalue weighted by atomic mass is 9.89. The van der Waals surface area contributed by atoms with E-state index in [-0.39, 0.29) is 17.9 Å². The number of amides is 1. The van der Waals surface area contributed by atoms with Crippen LogP contribution in [-0.2, 0) is 4.79 Å². The molecule has 116 valence electrons. The van der Waals surface area contributed by atoms with Crippen molar-refractivity contribution < 1.29 is 4.79 Å². The van der Waals surface area contributed by atoms with E-state index in [2.05, 4.69) is 19.1 Å². The predicted octanol–water partition coefficient (Wildman–Crippen LogP) is 3.42. The number of carbonyl (C=O) groups is 1. The van der Waals surface area contributed by atoms with E-state index in [1.807, 2.05) is 24.0 Å². The number of benzene rings is 1. The molecule has 0 aliphatic carbocycles. The summed E-state index contributed by atoms with van der Waals surface area (Å²) in [6, 6.07) is 7.70. The summed E-state index contributed by atoms with van der Waals surface area (Å²) >= 11 is 5.93. The predicted molar refractivity (Wildman–Crippen MR) is 87.4 cm³/mol. The number of likely N-dealkylation sites (tertiary alicyclic amines) is 1. The first kappa shape index (κ1) is 16.3. The van der Waals surface area contributed by atoms with Crippen molar-refractivity contribution in [2.75, 3.05) is 13.1 Å². The van der Waals surface area contributed by atoms with Gasteiger partial charge in [0.1, 0.15) is 0 Å². The van der Waals surface area contributed by atoms with Crippen molar-refractivity contribution in [2.45, 2.75) is 45.1 Å². The SMILES string of the molecule is CC[C@H](C)[C@@H](N)C(=O)N1CCC(c2ccc(Cl)cc2)CC1. The lowest BCUT2D eigenvalue weighted by Crippen LogP contribution is -2.49. The largest absolute Gasteiger partial charge is 0.341 e. The highest BCUT2D eigenvalue weighted by atomic mass is 35.5. The maximum atomic E-state index is 12.4. The quantitative estimate of drug-likeness (QED) is 0.926. The number of carbonyl (C=O) groups excluding carboxylic acids is 1. The fourth-order valence-electron chi connectivity index (χ4n) is 2.88. The number of hydrogen-bond acceptors (Lipinski definition) is 2. The minimum atomic E-state index is -0.359. The van der Waals surface area contributed by atoms with Crippen molar-refractivity contribution in [3.05, 3.63) is 34.9 Å². The second kappa shape index (κ2) is 7.28. The number of nitrogens with two attached hydrogens (primary N) is 1. The van der Waals surface area contributed by atoms with Gasteiger partial charge in [0.25, 0.3) is 0 Å². The first-order valence-corrected chi connectivity index (χ1v) is 8.20. The van der Waals surface area contributed by atoms with Crippen LogP contribution in [0, 0.1) is 5.92 Å². The van der Waals surface area contributed by atoms with Gasteiger partial charge in [0.15, 0.2) is 0 Å². The van der Waals surface area contributed by atoms with Gasteiger partial charge in [-0.1, -0.05) is 44.0 Å². The third kappa shape index (κ3) is 3.98. The van der Waals surface area contributed by atoms with E-state index in [0.717, 1.165) is 37.4 Å². The molecule has 1 aliphatic rings. The zero-order valence-electron chi connectivity index (χ0n) is 12.9. The minimum Gasteiger partial charge on any atom is -0.341 e. The fourth-order valence-corrected chi connectivity index (χ4v) is 3.00. The number of rotatable bonds is 4. The summed E-state index contributed by atoms with van der Waals surface area (Å²) in [7, 11) is 0. The first-order valence-electron chi connectivity index (χ1n) is 7.82. The Hall–Kier alpha value is -1.06. The van der Waals surface area contributed by atoms with Crippen molar-refractivity contribution in [2.24, 2.45) is 11.7 Å². The van der Waals surface area contributed by atoms with Crippen LogP contribution < -0.4 is 5.73 Å². The first-order chi connectivity index (χ1) is 10.0. The molecule has 1 aromatic rings. The number of hydrogen-bond donors (Lipinski definition) is 1. The van der Waals surface area contributed by atoms with E-state index < -0.39 is 0 Å². The standard InChI is InChI=1S/C17H25ClN2O/c1-3-12(2)16(19)17(21)20-10-8-14(9-11-20)13-4-6-15(18)7-5-13/h4-7,12,14,16H,3,8-11,19H2,1-2H3/t12-,16+/m0/s1. The number of nitrogens with zero attached hydrogens (tertiary/aromatic N) is 1. The fraction of sp³-hybridized carbons (Fsp3) is 0.588. The Morgan fingerprint density at radius 3 is 2.43 bits per heavy atom. The molecule has 0 spiro atoms. The topological polar surface area (TPSA) is 46.3 Å². The molecular formula is C17H25ClN2O. The van der Waals surface area contributed by atoms with E-state index in [4.69, 9.17) is 17.3 Å². The molecule has 2 atom stereocenters. The van der Waals surface area contributed by atoms with E-state index >= 15 is 0 Å². The van der Waals surface area contributed by atoms with Gasteiger partial charge in [-0.05, 0) is 42.4 Å². The van der Waals surface area contributed by atoms with Gasteiger partial charge in [-0.15, -0.1) is 0 Å². The molecule has 1 aromatic carbocycles. The molecule has 0 unspecified atom stereocenters. The van der Waals surface area contributed by atoms with E-state index in [0.29, 0.717) is 5.92 Å². The molecule has 0 aromatic heterocycles. The highest BCUT2D eigenvalue weighted by molar-refractivity contribution is 6.30. The minimum absolute atomic E-state index is 0.110. The van der Waals surface area contributed by atoms with Crippen molar-refractivity contribution in [3.8, 4) is 0 Å². The molecule has 2 rings (SSSR count). The van der Waals surface area contributed by atoms with Crippen LogP contribution in [0.25, 0.3) is 0 Å². The van der Waals surface area contributed by atoms with Gasteiger partial charge in [-0.2, -0.15) is 0 Å². The van der Waals surface area contributed by atoms with Crippen molar-refractivity contribution in [1.82, 2.24) is 4.90 Å². The van der Waals surface area contributed by atoms with Crippen molar-refractivity contribution in [1.29, 1.82) is 0 Å². The molecule has 3 nitrogen and oxygen atoms in total. The van der Waals surface area contributed by atoms with Crippen LogP contribution in [0.4, 0.5) is 0 Å². The van der Waals surface area contributed by atoms with Gasteiger partial charge in [0.2, 0.25) is 5.91 Å². The van der Waals surface area contributed by atoms with Crippen LogP contribution in [0.5, 0.6) is 0 Å². The summed E-state index contributed by atoms with van der Waals surface area (Å²) < 4.78 is 0. The zero-order chi connectivity index (χ0) is 15.4. The summed E-state index contributed by atoms with van der Waals surface area (Å²) in [5.74, 6) is 0.872. The average Bonchev–Trinajstić information content (AvgIpc) is 2.53. The summed E-state index contributed by atoms with van der Waals surface area (Å²) in [5.41, 5.74) is 7.38. The van der Waals surface area contributed by atoms with Gasteiger partial charge in [-0.25, -0.2) is 0 Å².